The van der Waals surface area contributed by atoms with Crippen LogP contribution in [0, 0.1) is 0 Å². The standard InChI is InChI=1S/C14H20N4O6S/c1-22-10-8(21)13(24-9(10)7(20)5-19)18-11-6(4-15-18)12(23-2)17-14(16-11)25-3/h4,7-10,13,19-21H,5H2,1-3H3/t7-,8+,9+,10+,13-/m1/s1. The van der Waals surface area contributed by atoms with Crippen molar-refractivity contribution in [2.24, 2.45) is 0 Å². The van der Waals surface area contributed by atoms with Crippen molar-refractivity contribution in [3.63, 3.8) is 0 Å². The molecule has 1 aliphatic rings. The van der Waals surface area contributed by atoms with E-state index in [-0.39, 0.29) is 0 Å². The van der Waals surface area contributed by atoms with Gasteiger partial charge in [0.25, 0.3) is 0 Å². The summed E-state index contributed by atoms with van der Waals surface area (Å²) in [7, 11) is 2.90. The van der Waals surface area contributed by atoms with Crippen LogP contribution < -0.4 is 4.74 Å². The summed E-state index contributed by atoms with van der Waals surface area (Å²) in [6.07, 6.45) is -1.63. The molecule has 0 radical (unpaired) electrons. The second-order valence-electron chi connectivity index (χ2n) is 5.48. The van der Waals surface area contributed by atoms with Crippen molar-refractivity contribution in [2.75, 3.05) is 27.1 Å². The summed E-state index contributed by atoms with van der Waals surface area (Å²) in [4.78, 5) is 8.67. The highest BCUT2D eigenvalue weighted by molar-refractivity contribution is 7.98. The molecule has 138 valence electrons. The molecule has 2 aromatic rings. The summed E-state index contributed by atoms with van der Waals surface area (Å²) in [6, 6.07) is 0. The largest absolute Gasteiger partial charge is 0.480 e. The Morgan fingerprint density at radius 2 is 2.16 bits per heavy atom. The van der Waals surface area contributed by atoms with Crippen LogP contribution in [0.25, 0.3) is 11.0 Å². The van der Waals surface area contributed by atoms with Crippen molar-refractivity contribution in [2.45, 2.75) is 35.8 Å². The van der Waals surface area contributed by atoms with Gasteiger partial charge >= 0.3 is 0 Å². The lowest BCUT2D eigenvalue weighted by Crippen LogP contribution is -2.41. The number of rotatable bonds is 6. The van der Waals surface area contributed by atoms with E-state index < -0.39 is 37.3 Å². The van der Waals surface area contributed by atoms with E-state index in [0.29, 0.717) is 22.1 Å². The van der Waals surface area contributed by atoms with Crippen LogP contribution in [0.5, 0.6) is 5.88 Å². The molecule has 0 aliphatic carbocycles. The smallest absolute Gasteiger partial charge is 0.228 e. The number of aliphatic hydroxyl groups excluding tert-OH is 3. The van der Waals surface area contributed by atoms with E-state index in [1.165, 1.54) is 36.9 Å². The maximum absolute atomic E-state index is 10.6. The zero-order valence-corrected chi connectivity index (χ0v) is 14.8. The average Bonchev–Trinajstić information content (AvgIpc) is 3.20. The first-order chi connectivity index (χ1) is 12.0. The van der Waals surface area contributed by atoms with Crippen molar-refractivity contribution in [1.29, 1.82) is 0 Å². The summed E-state index contributed by atoms with van der Waals surface area (Å²) in [5.41, 5.74) is 0.425. The number of hydrogen-bond acceptors (Lipinski definition) is 10. The molecule has 1 saturated heterocycles. The van der Waals surface area contributed by atoms with E-state index in [1.807, 2.05) is 6.26 Å². The summed E-state index contributed by atoms with van der Waals surface area (Å²) in [5.74, 6) is 0.364. The second-order valence-corrected chi connectivity index (χ2v) is 6.25. The molecule has 0 aromatic carbocycles. The molecule has 3 heterocycles. The third kappa shape index (κ3) is 3.07. The number of thioether (sulfide) groups is 1. The molecule has 1 fully saturated rings. The molecule has 0 bridgehead atoms. The van der Waals surface area contributed by atoms with Crippen LogP contribution in [-0.4, -0.2) is 86.6 Å². The van der Waals surface area contributed by atoms with Crippen molar-refractivity contribution in [3.8, 4) is 5.88 Å². The minimum Gasteiger partial charge on any atom is -0.480 e. The fourth-order valence-corrected chi connectivity index (χ4v) is 3.23. The third-order valence-corrected chi connectivity index (χ3v) is 4.65. The van der Waals surface area contributed by atoms with Crippen molar-refractivity contribution in [3.05, 3.63) is 6.20 Å². The van der Waals surface area contributed by atoms with E-state index in [0.717, 1.165) is 0 Å². The van der Waals surface area contributed by atoms with Gasteiger partial charge in [-0.25, -0.2) is 9.67 Å². The molecule has 2 aromatic heterocycles. The van der Waals surface area contributed by atoms with E-state index in [1.54, 1.807) is 0 Å². The maximum atomic E-state index is 10.6. The molecule has 1 aliphatic heterocycles. The maximum Gasteiger partial charge on any atom is 0.228 e. The Morgan fingerprint density at radius 3 is 2.76 bits per heavy atom. The fourth-order valence-electron chi connectivity index (χ4n) is 2.88. The van der Waals surface area contributed by atoms with Crippen molar-refractivity contribution >= 4 is 22.8 Å². The molecule has 3 rings (SSSR count). The van der Waals surface area contributed by atoms with E-state index in [9.17, 15) is 15.3 Å². The molecule has 5 atom stereocenters. The highest BCUT2D eigenvalue weighted by Crippen LogP contribution is 2.35. The van der Waals surface area contributed by atoms with Crippen LogP contribution in [0.1, 0.15) is 6.23 Å². The van der Waals surface area contributed by atoms with Crippen LogP contribution in [0.15, 0.2) is 11.4 Å². The number of hydrogen-bond donors (Lipinski definition) is 3. The quantitative estimate of drug-likeness (QED) is 0.436. The second kappa shape index (κ2) is 7.40. The molecule has 0 amide bonds. The molecule has 3 N–H and O–H groups in total. The number of nitrogens with zero attached hydrogens (tertiary/aromatic N) is 4. The Labute approximate surface area is 147 Å². The number of fused-ring (bicyclic) bond motifs is 1. The number of aliphatic hydroxyl groups is 3. The third-order valence-electron chi connectivity index (χ3n) is 4.10. The minimum absolute atomic E-state index is 0.364. The van der Waals surface area contributed by atoms with Gasteiger partial charge < -0.3 is 29.5 Å². The molecular formula is C14H20N4O6S. The van der Waals surface area contributed by atoms with Gasteiger partial charge in [-0.15, -0.1) is 0 Å². The number of methoxy groups -OCH3 is 2. The van der Waals surface area contributed by atoms with Gasteiger partial charge in [-0.3, -0.25) is 0 Å². The predicted octanol–water partition coefficient (Wildman–Crippen LogP) is -0.817. The van der Waals surface area contributed by atoms with E-state index >= 15 is 0 Å². The van der Waals surface area contributed by atoms with Gasteiger partial charge in [-0.1, -0.05) is 11.8 Å². The first-order valence-corrected chi connectivity index (χ1v) is 8.76. The highest BCUT2D eigenvalue weighted by Gasteiger charge is 2.48. The van der Waals surface area contributed by atoms with Gasteiger partial charge in [0.15, 0.2) is 17.0 Å². The van der Waals surface area contributed by atoms with Crippen molar-refractivity contribution < 1.29 is 29.5 Å². The van der Waals surface area contributed by atoms with Crippen LogP contribution in [-0.2, 0) is 9.47 Å². The SMILES string of the molecule is COc1nc(SC)nc2c1cnn2[C@@H]1O[C@@H]([C@H](O)CO)[C@@H](OC)[C@@H]1O. The summed E-state index contributed by atoms with van der Waals surface area (Å²) in [6.45, 7) is -0.517. The van der Waals surface area contributed by atoms with Gasteiger partial charge in [0.05, 0.1) is 19.9 Å². The van der Waals surface area contributed by atoms with Crippen molar-refractivity contribution in [1.82, 2.24) is 19.7 Å². The Balaban J connectivity index is 2.04. The fraction of sp³-hybridized carbons (Fsp3) is 0.643. The molecule has 10 nitrogen and oxygen atoms in total. The van der Waals surface area contributed by atoms with E-state index in [4.69, 9.17) is 14.2 Å². The normalized spacial score (nSPS) is 27.8. The molecule has 25 heavy (non-hydrogen) atoms. The Bertz CT molecular complexity index is 743. The topological polar surface area (TPSA) is 132 Å². The summed E-state index contributed by atoms with van der Waals surface area (Å²) >= 11 is 1.34. The lowest BCUT2D eigenvalue weighted by Gasteiger charge is -2.21. The summed E-state index contributed by atoms with van der Waals surface area (Å²) < 4.78 is 17.7. The lowest BCUT2D eigenvalue weighted by molar-refractivity contribution is -0.103. The molecule has 0 unspecified atom stereocenters. The minimum atomic E-state index is -1.20. The van der Waals surface area contributed by atoms with Gasteiger partial charge in [0.1, 0.15) is 29.8 Å². The Kier molecular flexibility index (Phi) is 5.41. The number of ether oxygens (including phenoxy) is 3. The zero-order chi connectivity index (χ0) is 18.1. The van der Waals surface area contributed by atoms with E-state index in [2.05, 4.69) is 15.1 Å². The van der Waals surface area contributed by atoms with Crippen LogP contribution in [0.2, 0.25) is 0 Å². The van der Waals surface area contributed by atoms with Gasteiger partial charge in [-0.05, 0) is 6.26 Å². The highest BCUT2D eigenvalue weighted by atomic mass is 32.2. The average molecular weight is 372 g/mol. The monoisotopic (exact) mass is 372 g/mol. The zero-order valence-electron chi connectivity index (χ0n) is 13.9. The molecular weight excluding hydrogens is 352 g/mol. The van der Waals surface area contributed by atoms with Gasteiger partial charge in [0, 0.05) is 7.11 Å². The Morgan fingerprint density at radius 1 is 1.40 bits per heavy atom. The van der Waals surface area contributed by atoms with Crippen LogP contribution in [0.4, 0.5) is 0 Å². The first kappa shape index (κ1) is 18.3. The molecule has 0 saturated carbocycles. The summed E-state index contributed by atoms with van der Waals surface area (Å²) in [5, 5.41) is 35.0. The number of aromatic nitrogens is 4. The first-order valence-electron chi connectivity index (χ1n) is 7.54. The Hall–Kier alpha value is -1.50. The lowest BCUT2D eigenvalue weighted by atomic mass is 10.1. The van der Waals surface area contributed by atoms with Crippen LogP contribution >= 0.6 is 11.8 Å². The van der Waals surface area contributed by atoms with Gasteiger partial charge in [0.2, 0.25) is 5.88 Å². The molecule has 0 spiro atoms. The van der Waals surface area contributed by atoms with Gasteiger partial charge in [-0.2, -0.15) is 10.1 Å². The molecule has 11 heteroatoms. The van der Waals surface area contributed by atoms with Crippen LogP contribution in [0.3, 0.4) is 0 Å². The predicted molar refractivity (Wildman–Crippen MR) is 87.5 cm³/mol.